The summed E-state index contributed by atoms with van der Waals surface area (Å²) in [4.78, 5) is 35.6. The maximum Gasteiger partial charge on any atom is 0.272 e. The summed E-state index contributed by atoms with van der Waals surface area (Å²) in [7, 11) is 0. The predicted octanol–water partition coefficient (Wildman–Crippen LogP) is 4.10. The zero-order valence-corrected chi connectivity index (χ0v) is 20.1. The zero-order valence-electron chi connectivity index (χ0n) is 19.3. The van der Waals surface area contributed by atoms with E-state index < -0.39 is 0 Å². The smallest absolute Gasteiger partial charge is 0.272 e. The average molecular weight is 465 g/mol. The van der Waals surface area contributed by atoms with E-state index in [0.29, 0.717) is 37.8 Å². The van der Waals surface area contributed by atoms with E-state index >= 15 is 0 Å². The van der Waals surface area contributed by atoms with Crippen LogP contribution in [0.2, 0.25) is 0 Å². The van der Waals surface area contributed by atoms with Crippen molar-refractivity contribution in [1.82, 2.24) is 19.4 Å². The molecule has 174 valence electrons. The highest BCUT2D eigenvalue weighted by Crippen LogP contribution is 2.60. The Morgan fingerprint density at radius 3 is 2.06 bits per heavy atom. The van der Waals surface area contributed by atoms with Crippen molar-refractivity contribution < 1.29 is 9.59 Å². The minimum atomic E-state index is -0.0971. The minimum absolute atomic E-state index is 0.00597. The van der Waals surface area contributed by atoms with Crippen molar-refractivity contribution in [3.8, 4) is 5.69 Å². The minimum Gasteiger partial charge on any atom is -0.339 e. The first-order valence-corrected chi connectivity index (χ1v) is 13.5. The van der Waals surface area contributed by atoms with Crippen LogP contribution in [0.5, 0.6) is 0 Å². The fourth-order valence-electron chi connectivity index (χ4n) is 7.44. The summed E-state index contributed by atoms with van der Waals surface area (Å²) >= 11 is 1.53. The highest BCUT2D eigenvalue weighted by molar-refractivity contribution is 7.98. The summed E-state index contributed by atoms with van der Waals surface area (Å²) in [6.45, 7) is 2.46. The molecule has 7 rings (SSSR count). The number of piperazine rings is 1. The number of rotatable bonds is 4. The number of hydrogen-bond acceptors (Lipinski definition) is 4. The normalized spacial score (nSPS) is 30.6. The molecule has 2 aromatic rings. The number of carbonyl (C=O) groups is 2. The van der Waals surface area contributed by atoms with Gasteiger partial charge in [-0.05, 0) is 74.7 Å². The SMILES string of the molecule is CSc1ncc(C(=O)N2CCN(C(=O)C34CC5CC(CC(C5)C3)C4)CC2)n1-c1ccccc1. The quantitative estimate of drug-likeness (QED) is 0.640. The molecule has 0 unspecified atom stereocenters. The summed E-state index contributed by atoms with van der Waals surface area (Å²) in [6.07, 6.45) is 11.0. The van der Waals surface area contributed by atoms with Gasteiger partial charge in [0, 0.05) is 31.9 Å². The van der Waals surface area contributed by atoms with Crippen LogP contribution in [-0.2, 0) is 4.79 Å². The first kappa shape index (κ1) is 21.3. The summed E-state index contributed by atoms with van der Waals surface area (Å²) in [5.74, 6) is 2.69. The van der Waals surface area contributed by atoms with Crippen LogP contribution >= 0.6 is 11.8 Å². The van der Waals surface area contributed by atoms with E-state index in [4.69, 9.17) is 0 Å². The lowest BCUT2D eigenvalue weighted by molar-refractivity contribution is -0.159. The van der Waals surface area contributed by atoms with Crippen molar-refractivity contribution in [1.29, 1.82) is 0 Å². The molecule has 2 amide bonds. The van der Waals surface area contributed by atoms with Gasteiger partial charge < -0.3 is 9.80 Å². The second kappa shape index (κ2) is 8.19. The third-order valence-electron chi connectivity index (χ3n) is 8.49. The molecule has 33 heavy (non-hydrogen) atoms. The molecule has 0 spiro atoms. The number of carbonyl (C=O) groups excluding carboxylic acids is 2. The highest BCUT2D eigenvalue weighted by atomic mass is 32.2. The van der Waals surface area contributed by atoms with Gasteiger partial charge in [-0.2, -0.15) is 0 Å². The van der Waals surface area contributed by atoms with Crippen LogP contribution in [0.4, 0.5) is 0 Å². The third-order valence-corrected chi connectivity index (χ3v) is 9.14. The molecule has 1 saturated heterocycles. The Labute approximate surface area is 199 Å². The van der Waals surface area contributed by atoms with Crippen LogP contribution in [0.1, 0.15) is 49.0 Å². The molecule has 4 bridgehead atoms. The van der Waals surface area contributed by atoms with Gasteiger partial charge in [0.15, 0.2) is 5.16 Å². The third kappa shape index (κ3) is 3.59. The molecule has 6 nitrogen and oxygen atoms in total. The Bertz CT molecular complexity index is 1020. The van der Waals surface area contributed by atoms with Gasteiger partial charge in [0.1, 0.15) is 5.69 Å². The fraction of sp³-hybridized carbons (Fsp3) is 0.577. The Kier molecular flexibility index (Phi) is 5.28. The number of amides is 2. The maximum absolute atomic E-state index is 13.7. The Morgan fingerprint density at radius 1 is 0.909 bits per heavy atom. The van der Waals surface area contributed by atoms with Gasteiger partial charge in [-0.3, -0.25) is 14.2 Å². The van der Waals surface area contributed by atoms with Crippen molar-refractivity contribution in [2.24, 2.45) is 23.2 Å². The largest absolute Gasteiger partial charge is 0.339 e. The van der Waals surface area contributed by atoms with Gasteiger partial charge >= 0.3 is 0 Å². The topological polar surface area (TPSA) is 58.4 Å². The van der Waals surface area contributed by atoms with Gasteiger partial charge in [-0.1, -0.05) is 30.0 Å². The number of aromatic nitrogens is 2. The molecule has 4 aliphatic carbocycles. The first-order chi connectivity index (χ1) is 16.1. The zero-order chi connectivity index (χ0) is 22.6. The maximum atomic E-state index is 13.7. The van der Waals surface area contributed by atoms with Gasteiger partial charge in [0.2, 0.25) is 5.91 Å². The van der Waals surface area contributed by atoms with Crippen LogP contribution in [0.25, 0.3) is 5.69 Å². The Balaban J connectivity index is 1.16. The number of nitrogens with zero attached hydrogens (tertiary/aromatic N) is 4. The number of para-hydroxylation sites is 1. The lowest BCUT2D eigenvalue weighted by atomic mass is 9.49. The van der Waals surface area contributed by atoms with E-state index in [9.17, 15) is 9.59 Å². The van der Waals surface area contributed by atoms with Crippen molar-refractivity contribution in [2.75, 3.05) is 32.4 Å². The molecule has 5 fully saturated rings. The molecule has 0 N–H and O–H groups in total. The highest BCUT2D eigenvalue weighted by Gasteiger charge is 2.55. The van der Waals surface area contributed by atoms with E-state index in [1.807, 2.05) is 46.1 Å². The standard InChI is InChI=1S/C26H32N4O2S/c1-33-25-27-17-22(30(25)21-5-3-2-4-6-21)23(31)28-7-9-29(10-8-28)24(32)26-14-18-11-19(15-26)13-20(12-18)16-26/h2-6,17-20H,7-16H2,1H3. The molecule has 5 aliphatic rings. The van der Waals surface area contributed by atoms with Crippen molar-refractivity contribution in [3.63, 3.8) is 0 Å². The second-order valence-electron chi connectivity index (χ2n) is 10.6. The van der Waals surface area contributed by atoms with Crippen LogP contribution in [0.15, 0.2) is 41.7 Å². The first-order valence-electron chi connectivity index (χ1n) is 12.3. The van der Waals surface area contributed by atoms with Crippen LogP contribution in [0, 0.1) is 23.2 Å². The molecule has 1 aromatic heterocycles. The summed E-state index contributed by atoms with van der Waals surface area (Å²) in [6, 6.07) is 9.92. The van der Waals surface area contributed by atoms with Crippen LogP contribution < -0.4 is 0 Å². The van der Waals surface area contributed by atoms with Gasteiger partial charge in [-0.25, -0.2) is 4.98 Å². The van der Waals surface area contributed by atoms with Gasteiger partial charge in [-0.15, -0.1) is 0 Å². The summed E-state index contributed by atoms with van der Waals surface area (Å²) in [5.41, 5.74) is 1.44. The van der Waals surface area contributed by atoms with Crippen LogP contribution in [-0.4, -0.2) is 63.6 Å². The number of hydrogen-bond donors (Lipinski definition) is 0. The Morgan fingerprint density at radius 2 is 1.48 bits per heavy atom. The van der Waals surface area contributed by atoms with Gasteiger partial charge in [0.05, 0.1) is 11.6 Å². The molecule has 2 heterocycles. The molecule has 1 aromatic carbocycles. The number of thioether (sulfide) groups is 1. The van der Waals surface area contributed by atoms with Crippen molar-refractivity contribution >= 4 is 23.6 Å². The molecule has 0 atom stereocenters. The van der Waals surface area contributed by atoms with E-state index in [1.165, 1.54) is 31.0 Å². The summed E-state index contributed by atoms with van der Waals surface area (Å²) in [5, 5.41) is 0.806. The monoisotopic (exact) mass is 464 g/mol. The molecule has 7 heteroatoms. The van der Waals surface area contributed by atoms with Crippen LogP contribution in [0.3, 0.4) is 0 Å². The molecule has 0 radical (unpaired) electrons. The lowest BCUT2D eigenvalue weighted by Gasteiger charge is -2.57. The molecular weight excluding hydrogens is 432 g/mol. The fourth-order valence-corrected chi connectivity index (χ4v) is 7.98. The van der Waals surface area contributed by atoms with Gasteiger partial charge in [0.25, 0.3) is 5.91 Å². The van der Waals surface area contributed by atoms with E-state index in [1.54, 1.807) is 6.20 Å². The predicted molar refractivity (Wildman–Crippen MR) is 128 cm³/mol. The number of benzene rings is 1. The Hall–Kier alpha value is -2.28. The van der Waals surface area contributed by atoms with Crippen molar-refractivity contribution in [2.45, 2.75) is 43.7 Å². The molecule has 4 saturated carbocycles. The average Bonchev–Trinajstić information content (AvgIpc) is 3.27. The second-order valence-corrected chi connectivity index (χ2v) is 11.4. The number of imidazole rings is 1. The van der Waals surface area contributed by atoms with E-state index in [2.05, 4.69) is 9.88 Å². The van der Waals surface area contributed by atoms with E-state index in [0.717, 1.165) is 47.9 Å². The summed E-state index contributed by atoms with van der Waals surface area (Å²) < 4.78 is 1.94. The lowest BCUT2D eigenvalue weighted by Crippen LogP contribution is -2.58. The molecular formula is C26H32N4O2S. The molecule has 1 aliphatic heterocycles. The van der Waals surface area contributed by atoms with Crippen molar-refractivity contribution in [3.05, 3.63) is 42.2 Å². The van der Waals surface area contributed by atoms with E-state index in [-0.39, 0.29) is 11.3 Å².